The topological polar surface area (TPSA) is 89.3 Å². The Morgan fingerprint density at radius 3 is 2.42 bits per heavy atom. The largest absolute Gasteiger partial charge is 0.465 e. The van der Waals surface area contributed by atoms with E-state index in [-0.39, 0.29) is 11.2 Å². The number of carbonyl (C=O) groups is 3. The zero-order chi connectivity index (χ0) is 31.6. The van der Waals surface area contributed by atoms with Gasteiger partial charge in [0, 0.05) is 10.4 Å². The van der Waals surface area contributed by atoms with Crippen LogP contribution in [0.5, 0.6) is 0 Å². The van der Waals surface area contributed by atoms with Gasteiger partial charge in [-0.15, -0.1) is 11.3 Å². The summed E-state index contributed by atoms with van der Waals surface area (Å²) in [6.07, 6.45) is 1.20. The van der Waals surface area contributed by atoms with E-state index in [0.717, 1.165) is 28.2 Å². The molecule has 3 aliphatic rings. The molecule has 2 amide bonds. The van der Waals surface area contributed by atoms with Crippen LogP contribution in [-0.4, -0.2) is 31.0 Å². The number of nitrogens with zero attached hydrogens (tertiary/aromatic N) is 2. The summed E-state index contributed by atoms with van der Waals surface area (Å²) in [7, 11) is 1.31. The summed E-state index contributed by atoms with van der Waals surface area (Å²) in [6, 6.07) is 17.9. The minimum Gasteiger partial charge on any atom is -0.465 e. The molecule has 10 heteroatoms. The second kappa shape index (κ2) is 11.0. The fourth-order valence-corrected chi connectivity index (χ4v) is 8.19. The predicted octanol–water partition coefficient (Wildman–Crippen LogP) is 7.14. The van der Waals surface area contributed by atoms with Crippen LogP contribution in [0.2, 0.25) is 0 Å². The van der Waals surface area contributed by atoms with Gasteiger partial charge in [-0.2, -0.15) is 0 Å². The number of methoxy groups -OCH3 is 1. The van der Waals surface area contributed by atoms with Crippen LogP contribution in [0.1, 0.15) is 59.8 Å². The molecule has 2 aliphatic heterocycles. The number of esters is 1. The molecule has 0 spiro atoms. The van der Waals surface area contributed by atoms with Crippen molar-refractivity contribution in [1.82, 2.24) is 0 Å². The predicted molar refractivity (Wildman–Crippen MR) is 167 cm³/mol. The van der Waals surface area contributed by atoms with Crippen molar-refractivity contribution >= 4 is 39.8 Å². The quantitative estimate of drug-likeness (QED) is 0.172. The zero-order valence-electron chi connectivity index (χ0n) is 25.4. The summed E-state index contributed by atoms with van der Waals surface area (Å²) in [5.41, 5.74) is 2.54. The molecule has 0 saturated carbocycles. The van der Waals surface area contributed by atoms with Crippen molar-refractivity contribution in [2.75, 3.05) is 17.1 Å². The number of anilines is 2. The van der Waals surface area contributed by atoms with Gasteiger partial charge >= 0.3 is 5.97 Å². The average molecular weight is 629 g/mol. The number of rotatable bonds is 5. The third-order valence-corrected chi connectivity index (χ3v) is 10.5. The molecular weight excluding hydrogens is 595 g/mol. The van der Waals surface area contributed by atoms with Crippen molar-refractivity contribution in [2.45, 2.75) is 52.2 Å². The van der Waals surface area contributed by atoms with Gasteiger partial charge in [-0.05, 0) is 84.7 Å². The summed E-state index contributed by atoms with van der Waals surface area (Å²) in [6.45, 7) is 6.62. The Morgan fingerprint density at radius 1 is 1.00 bits per heavy atom. The van der Waals surface area contributed by atoms with E-state index in [9.17, 15) is 18.8 Å². The first-order chi connectivity index (χ1) is 21.6. The second-order valence-electron chi connectivity index (χ2n) is 12.9. The molecule has 2 aromatic heterocycles. The number of hydrogen-bond acceptors (Lipinski definition) is 8. The van der Waals surface area contributed by atoms with Crippen molar-refractivity contribution in [1.29, 1.82) is 0 Å². The fourth-order valence-electron chi connectivity index (χ4n) is 6.76. The third-order valence-electron chi connectivity index (χ3n) is 9.24. The van der Waals surface area contributed by atoms with Crippen LogP contribution in [0.15, 0.2) is 71.1 Å². The number of halogens is 1. The Labute approximate surface area is 264 Å². The first-order valence-corrected chi connectivity index (χ1v) is 15.9. The monoisotopic (exact) mass is 628 g/mol. The van der Waals surface area contributed by atoms with E-state index >= 15 is 0 Å². The molecule has 0 bridgehead atoms. The molecule has 4 aromatic rings. The van der Waals surface area contributed by atoms with Gasteiger partial charge in [-0.1, -0.05) is 39.0 Å². The maximum atomic E-state index is 14.4. The molecule has 45 heavy (non-hydrogen) atoms. The summed E-state index contributed by atoms with van der Waals surface area (Å²) in [5, 5.41) is 1.86. The number of furan rings is 1. The first kappa shape index (κ1) is 29.4. The van der Waals surface area contributed by atoms with Gasteiger partial charge in [0.25, 0.3) is 5.91 Å². The maximum absolute atomic E-state index is 14.4. The van der Waals surface area contributed by atoms with Crippen LogP contribution in [0.4, 0.5) is 15.1 Å². The molecule has 4 heterocycles. The summed E-state index contributed by atoms with van der Waals surface area (Å²) >= 11 is 1.33. The van der Waals surface area contributed by atoms with E-state index in [0.29, 0.717) is 45.7 Å². The van der Waals surface area contributed by atoms with Crippen molar-refractivity contribution in [3.8, 4) is 11.3 Å². The molecule has 2 fully saturated rings. The van der Waals surface area contributed by atoms with Gasteiger partial charge in [0.1, 0.15) is 34.3 Å². The van der Waals surface area contributed by atoms with Gasteiger partial charge in [0.15, 0.2) is 6.10 Å². The highest BCUT2D eigenvalue weighted by Crippen LogP contribution is 2.52. The maximum Gasteiger partial charge on any atom is 0.341 e. The highest BCUT2D eigenvalue weighted by Gasteiger charge is 2.62. The number of carbonyl (C=O) groups excluding carboxylic acids is 3. The van der Waals surface area contributed by atoms with Crippen LogP contribution < -0.4 is 9.96 Å². The van der Waals surface area contributed by atoms with Gasteiger partial charge in [0.2, 0.25) is 5.91 Å². The molecule has 232 valence electrons. The SMILES string of the molecule is COC(=O)c1c(N2C(=O)[C@H]3[C@@H](c4ccc(-c5ccc(F)cc5)o4)N(c4ccccc4)O[C@H]3C2=O)sc2c1CC[C@H](C(C)(C)C)C2. The Bertz CT molecular complexity index is 1790. The van der Waals surface area contributed by atoms with Crippen molar-refractivity contribution in [3.63, 3.8) is 0 Å². The number of thiophene rings is 1. The molecule has 2 saturated heterocycles. The third kappa shape index (κ3) is 4.87. The first-order valence-electron chi connectivity index (χ1n) is 15.0. The van der Waals surface area contributed by atoms with Gasteiger partial charge in [-0.25, -0.2) is 19.1 Å². The lowest BCUT2D eigenvalue weighted by Crippen LogP contribution is -2.37. The number of hydroxylamine groups is 1. The van der Waals surface area contributed by atoms with Crippen LogP contribution in [-0.2, 0) is 32.0 Å². The Hall–Kier alpha value is -4.28. The highest BCUT2D eigenvalue weighted by molar-refractivity contribution is 7.17. The zero-order valence-corrected chi connectivity index (χ0v) is 26.2. The average Bonchev–Trinajstić information content (AvgIpc) is 3.79. The molecule has 1 aliphatic carbocycles. The molecule has 0 unspecified atom stereocenters. The van der Waals surface area contributed by atoms with Gasteiger partial charge in [-0.3, -0.25) is 14.4 Å². The summed E-state index contributed by atoms with van der Waals surface area (Å²) < 4.78 is 25.0. The molecule has 7 rings (SSSR count). The van der Waals surface area contributed by atoms with E-state index in [2.05, 4.69) is 20.8 Å². The van der Waals surface area contributed by atoms with Crippen LogP contribution in [0.25, 0.3) is 11.3 Å². The minimum absolute atomic E-state index is 0.0708. The highest BCUT2D eigenvalue weighted by atomic mass is 32.1. The van der Waals surface area contributed by atoms with E-state index in [1.165, 1.54) is 30.6 Å². The van der Waals surface area contributed by atoms with Crippen molar-refractivity contribution in [2.24, 2.45) is 17.3 Å². The standard InChI is InChI=1S/C35H33FN2O6S/c1-35(2,3)20-12-15-23-26(18-20)45-33(27(23)34(41)42-4)37-31(39)28-29(25-17-16-24(43-25)19-10-13-21(36)14-11-19)38(44-30(28)32(37)40)22-8-6-5-7-9-22/h5-11,13-14,16-17,20,28-30H,12,15,18H2,1-4H3/t20-,28-,29+,30+/m0/s1. The molecule has 0 radical (unpaired) electrons. The second-order valence-corrected chi connectivity index (χ2v) is 13.9. The fraction of sp³-hybridized carbons (Fsp3) is 0.343. The number of amides is 2. The van der Waals surface area contributed by atoms with Gasteiger partial charge < -0.3 is 9.15 Å². The van der Waals surface area contributed by atoms with E-state index in [1.807, 2.05) is 30.3 Å². The normalized spacial score (nSPS) is 23.0. The number of fused-ring (bicyclic) bond motifs is 2. The van der Waals surface area contributed by atoms with Crippen molar-refractivity contribution in [3.05, 3.63) is 94.3 Å². The number of imide groups is 1. The molecule has 8 nitrogen and oxygen atoms in total. The van der Waals surface area contributed by atoms with E-state index in [4.69, 9.17) is 14.0 Å². The Balaban J connectivity index is 1.29. The molecule has 4 atom stereocenters. The number of hydrogen-bond donors (Lipinski definition) is 0. The number of ether oxygens (including phenoxy) is 1. The van der Waals surface area contributed by atoms with Gasteiger partial charge in [0.05, 0.1) is 18.4 Å². The lowest BCUT2D eigenvalue weighted by Gasteiger charge is -2.33. The lowest BCUT2D eigenvalue weighted by atomic mass is 9.72. The molecule has 2 aromatic carbocycles. The number of benzene rings is 2. The Kier molecular flexibility index (Phi) is 7.17. The van der Waals surface area contributed by atoms with E-state index in [1.54, 1.807) is 29.3 Å². The van der Waals surface area contributed by atoms with Crippen LogP contribution in [0, 0.1) is 23.1 Å². The molecule has 0 N–H and O–H groups in total. The molecular formula is C35H33FN2O6S. The van der Waals surface area contributed by atoms with Crippen LogP contribution in [0.3, 0.4) is 0 Å². The smallest absolute Gasteiger partial charge is 0.341 e. The summed E-state index contributed by atoms with van der Waals surface area (Å²) in [5.74, 6) is -1.57. The number of para-hydroxylation sites is 1. The Morgan fingerprint density at radius 2 is 1.73 bits per heavy atom. The summed E-state index contributed by atoms with van der Waals surface area (Å²) in [4.78, 5) is 50.2. The van der Waals surface area contributed by atoms with Crippen LogP contribution >= 0.6 is 11.3 Å². The minimum atomic E-state index is -1.13. The van der Waals surface area contributed by atoms with Crippen molar-refractivity contribution < 1.29 is 32.8 Å². The van der Waals surface area contributed by atoms with E-state index < -0.39 is 35.8 Å². The lowest BCUT2D eigenvalue weighted by molar-refractivity contribution is -0.126.